The Bertz CT molecular complexity index is 4720. The zero-order valence-electron chi connectivity index (χ0n) is 38.5. The van der Waals surface area contributed by atoms with Crippen LogP contribution in [0.1, 0.15) is 0 Å². The minimum Gasteiger partial charge on any atom is -0.282 e. The molecule has 0 fully saturated rings. The van der Waals surface area contributed by atoms with Crippen molar-refractivity contribution in [3.63, 3.8) is 0 Å². The fraction of sp³-hybridized carbons (Fsp3) is 0. The molecule has 0 saturated heterocycles. The lowest BCUT2D eigenvalue weighted by Gasteiger charge is -2.19. The van der Waals surface area contributed by atoms with Crippen LogP contribution in [0.3, 0.4) is 0 Å². The van der Waals surface area contributed by atoms with Gasteiger partial charge in [0.15, 0.2) is 0 Å². The van der Waals surface area contributed by atoms with Gasteiger partial charge in [-0.05, 0) is 97.1 Å². The predicted molar refractivity (Wildman–Crippen MR) is 271 cm³/mol. The summed E-state index contributed by atoms with van der Waals surface area (Å²) in [6.45, 7) is 0. The quantitative estimate of drug-likeness (QED) is 0.0448. The third kappa shape index (κ3) is 15.0. The van der Waals surface area contributed by atoms with Gasteiger partial charge >= 0.3 is 0 Å². The first-order chi connectivity index (χ1) is 36.6. The molecule has 12 N–H and O–H groups in total. The summed E-state index contributed by atoms with van der Waals surface area (Å²) < 4.78 is 394. The third-order valence-corrected chi connectivity index (χ3v) is 22.3. The van der Waals surface area contributed by atoms with Gasteiger partial charge in [-0.1, -0.05) is 0 Å². The Hall–Kier alpha value is -6.14. The van der Waals surface area contributed by atoms with E-state index in [4.69, 9.17) is 0 Å². The molecular formula is C34H28N4O32S12. The molecule has 6 aromatic carbocycles. The van der Waals surface area contributed by atoms with Crippen LogP contribution in [0.4, 0.5) is 22.7 Å². The van der Waals surface area contributed by atoms with Crippen molar-refractivity contribution in [2.75, 3.05) is 18.9 Å². The van der Waals surface area contributed by atoms with Crippen molar-refractivity contribution in [3.05, 3.63) is 97.1 Å². The van der Waals surface area contributed by atoms with E-state index in [0.29, 0.717) is 0 Å². The Balaban J connectivity index is 1.81. The first-order valence-corrected chi connectivity index (χ1v) is 37.2. The van der Waals surface area contributed by atoms with E-state index in [-0.39, 0.29) is 97.1 Å². The van der Waals surface area contributed by atoms with E-state index in [9.17, 15) is 137 Å². The molecule has 6 aromatic rings. The van der Waals surface area contributed by atoms with Crippen LogP contribution in [-0.2, 0) is 121 Å². The summed E-state index contributed by atoms with van der Waals surface area (Å²) in [6, 6.07) is 1.32. The molecule has 0 aliphatic carbocycles. The zero-order chi connectivity index (χ0) is 62.5. The number of benzene rings is 6. The van der Waals surface area contributed by atoms with Gasteiger partial charge in [-0.3, -0.25) is 55.3 Å². The van der Waals surface area contributed by atoms with E-state index in [0.717, 1.165) is 0 Å². The number of anilines is 4. The molecule has 0 unspecified atom stereocenters. The van der Waals surface area contributed by atoms with Crippen molar-refractivity contribution in [1.29, 1.82) is 0 Å². The molecule has 0 amide bonds. The second kappa shape index (κ2) is 20.9. The maximum absolute atomic E-state index is 14.7. The van der Waals surface area contributed by atoms with Crippen LogP contribution in [0, 0.1) is 0 Å². The smallest absolute Gasteiger partial charge is 0.282 e. The van der Waals surface area contributed by atoms with Gasteiger partial charge in [0.2, 0.25) is 0 Å². The average molecular weight is 1390 g/mol. The number of rotatable bonds is 20. The van der Waals surface area contributed by atoms with Gasteiger partial charge in [0.1, 0.15) is 0 Å². The predicted octanol–water partition coefficient (Wildman–Crippen LogP) is 0.0166. The summed E-state index contributed by atoms with van der Waals surface area (Å²) in [5.74, 6) is 0. The minimum atomic E-state index is -6.13. The lowest BCUT2D eigenvalue weighted by Crippen LogP contribution is -2.20. The van der Waals surface area contributed by atoms with Gasteiger partial charge in [-0.15, -0.1) is 0 Å². The van der Waals surface area contributed by atoms with E-state index in [2.05, 4.69) is 0 Å². The molecule has 0 aliphatic heterocycles. The molecule has 0 spiro atoms. The first-order valence-electron chi connectivity index (χ1n) is 19.7. The maximum Gasteiger partial charge on any atom is 0.294 e. The lowest BCUT2D eigenvalue weighted by molar-refractivity contribution is 0.476. The summed E-state index contributed by atoms with van der Waals surface area (Å²) in [7, 11) is -68.8. The minimum absolute atomic E-state index is 0.0463. The highest BCUT2D eigenvalue weighted by Gasteiger charge is 2.33. The van der Waals surface area contributed by atoms with Crippen LogP contribution in [0.2, 0.25) is 0 Å². The SMILES string of the molecule is O=S(=O)(O)c1cc(NS(=O)(=O)c2cc(S(=O)(=O)Nc3cc(S(=O)(=O)O)cc(S(=O)(=O)O)c3)c3cc(S(=O)(=O)Nc4cc(S(=O)(=O)O)cc(S(=O)(=O)O)c4)cc(S(=O)(=O)Nc4cc(S(=O)(=O)O)cc(S(=O)(=O)O)c4)c3c2)cc(S(=O)(=O)O)c1. The number of hydrogen-bond donors (Lipinski definition) is 12. The Labute approximate surface area is 463 Å². The normalized spacial score (nSPS) is 13.8. The van der Waals surface area contributed by atoms with E-state index < -0.39 is 213 Å². The molecule has 0 aromatic heterocycles. The summed E-state index contributed by atoms with van der Waals surface area (Å²) in [4.78, 5) is -19.1. The van der Waals surface area contributed by atoms with Crippen molar-refractivity contribution < 1.29 is 137 Å². The number of fused-ring (bicyclic) bond motifs is 1. The molecule has 448 valence electrons. The third-order valence-electron chi connectivity index (χ3n) is 10.1. The van der Waals surface area contributed by atoms with Crippen LogP contribution in [0.5, 0.6) is 0 Å². The standard InChI is InChI=1S/C34H28N4O32S12/c39-71(40,35-17-1-23(75(47,48)49)9-24(2-17)76(50,51)52)21-13-31-32(33(15-21)73(43,44)37-19-5-27(79(59,60)61)11-28(6-19)80(62,63)64)14-22(72(41,42)36-18-3-25(77(53,54)55)10-26(4-18)78(56,57)58)16-34(31)74(45,46)38-20-7-29(81(65,66)67)12-30(8-20)82(68,69)70/h1-16,35-38H,(H,47,48,49)(H,50,51,52)(H,53,54,55)(H,56,57,58)(H,59,60,61)(H,62,63,64)(H,65,66,67)(H,68,69,70). The summed E-state index contributed by atoms with van der Waals surface area (Å²) in [5.41, 5.74) is -5.28. The monoisotopic (exact) mass is 1390 g/mol. The second-order valence-electron chi connectivity index (χ2n) is 15.9. The van der Waals surface area contributed by atoms with Gasteiger partial charge in [0.05, 0.1) is 81.5 Å². The van der Waals surface area contributed by atoms with Crippen molar-refractivity contribution in [2.24, 2.45) is 0 Å². The topological polar surface area (TPSA) is 620 Å². The van der Waals surface area contributed by atoms with Crippen molar-refractivity contribution in [1.82, 2.24) is 0 Å². The van der Waals surface area contributed by atoms with Crippen LogP contribution in [0.15, 0.2) is 156 Å². The van der Waals surface area contributed by atoms with Gasteiger partial charge in [-0.2, -0.15) is 67.3 Å². The van der Waals surface area contributed by atoms with Crippen LogP contribution < -0.4 is 18.9 Å². The molecule has 0 heterocycles. The molecular weight excluding hydrogens is 1360 g/mol. The highest BCUT2D eigenvalue weighted by Crippen LogP contribution is 2.39. The van der Waals surface area contributed by atoms with Crippen LogP contribution in [0.25, 0.3) is 10.8 Å². The van der Waals surface area contributed by atoms with Gasteiger partial charge in [0, 0.05) is 10.8 Å². The number of sulfonamides is 4. The fourth-order valence-corrected chi connectivity index (χ4v) is 16.3. The molecule has 0 bridgehead atoms. The molecule has 0 saturated carbocycles. The van der Waals surface area contributed by atoms with E-state index >= 15 is 0 Å². The molecule has 0 aliphatic rings. The Kier molecular flexibility index (Phi) is 16.6. The van der Waals surface area contributed by atoms with E-state index in [1.807, 2.05) is 0 Å². The largest absolute Gasteiger partial charge is 0.294 e. The second-order valence-corrected chi connectivity index (χ2v) is 34.0. The molecule has 36 nitrogen and oxygen atoms in total. The average Bonchev–Trinajstić information content (AvgIpc) is 3.49. The summed E-state index contributed by atoms with van der Waals surface area (Å²) in [6.07, 6.45) is 0. The van der Waals surface area contributed by atoms with Crippen LogP contribution in [-0.4, -0.2) is 137 Å². The summed E-state index contributed by atoms with van der Waals surface area (Å²) in [5, 5.41) is -2.96. The molecule has 0 atom stereocenters. The lowest BCUT2D eigenvalue weighted by atomic mass is 10.1. The van der Waals surface area contributed by atoms with Gasteiger partial charge < -0.3 is 0 Å². The first kappa shape index (κ1) is 65.0. The summed E-state index contributed by atoms with van der Waals surface area (Å²) >= 11 is 0. The Morgan fingerprint density at radius 1 is 0.195 bits per heavy atom. The van der Waals surface area contributed by atoms with Crippen molar-refractivity contribution in [2.45, 2.75) is 58.7 Å². The van der Waals surface area contributed by atoms with Gasteiger partial charge in [0.25, 0.3) is 121 Å². The van der Waals surface area contributed by atoms with Crippen molar-refractivity contribution >= 4 is 155 Å². The van der Waals surface area contributed by atoms with Crippen molar-refractivity contribution in [3.8, 4) is 0 Å². The fourth-order valence-electron chi connectivity index (χ4n) is 6.66. The number of hydrogen-bond acceptors (Lipinski definition) is 24. The zero-order valence-corrected chi connectivity index (χ0v) is 48.3. The van der Waals surface area contributed by atoms with E-state index in [1.54, 1.807) is 0 Å². The van der Waals surface area contributed by atoms with Crippen LogP contribution >= 0.6 is 0 Å². The highest BCUT2D eigenvalue weighted by atomic mass is 32.3. The molecule has 6 rings (SSSR count). The molecule has 82 heavy (non-hydrogen) atoms. The molecule has 48 heteroatoms. The Morgan fingerprint density at radius 2 is 0.354 bits per heavy atom. The Morgan fingerprint density at radius 3 is 0.512 bits per heavy atom. The molecule has 0 radical (unpaired) electrons. The van der Waals surface area contributed by atoms with E-state index in [1.165, 1.54) is 18.9 Å². The maximum atomic E-state index is 14.7. The van der Waals surface area contributed by atoms with Gasteiger partial charge in [-0.25, -0.2) is 33.7 Å². The highest BCUT2D eigenvalue weighted by molar-refractivity contribution is 7.95. The number of nitrogens with one attached hydrogen (secondary N) is 4.